The van der Waals surface area contributed by atoms with Crippen molar-refractivity contribution >= 4 is 16.9 Å². The lowest BCUT2D eigenvalue weighted by Crippen LogP contribution is -2.24. The number of carbonyl (C=O) groups excluding carboxylic acids is 1. The topological polar surface area (TPSA) is 70.4 Å². The summed E-state index contributed by atoms with van der Waals surface area (Å²) in [6.45, 7) is 3.50. The number of imidazole rings is 1. The van der Waals surface area contributed by atoms with Crippen molar-refractivity contribution in [2.75, 3.05) is 19.6 Å². The fourth-order valence-electron chi connectivity index (χ4n) is 4.19. The molecule has 28 heavy (non-hydrogen) atoms. The van der Waals surface area contributed by atoms with E-state index in [9.17, 15) is 14.3 Å². The van der Waals surface area contributed by atoms with E-state index in [-0.39, 0.29) is 12.0 Å². The van der Waals surface area contributed by atoms with Crippen LogP contribution in [0.1, 0.15) is 22.3 Å². The van der Waals surface area contributed by atoms with E-state index in [1.165, 1.54) is 17.7 Å². The highest BCUT2D eigenvalue weighted by Gasteiger charge is 2.23. The molecule has 6 nitrogen and oxygen atoms in total. The summed E-state index contributed by atoms with van der Waals surface area (Å²) in [5.41, 5.74) is 3.62. The van der Waals surface area contributed by atoms with Crippen LogP contribution in [0.25, 0.3) is 22.4 Å². The van der Waals surface area contributed by atoms with Gasteiger partial charge in [0.05, 0.1) is 22.7 Å². The molecule has 1 amide bonds. The number of aromatic nitrogens is 2. The van der Waals surface area contributed by atoms with Crippen molar-refractivity contribution in [2.24, 2.45) is 0 Å². The number of halogens is 1. The molecule has 1 fully saturated rings. The Labute approximate surface area is 161 Å². The number of likely N-dealkylation sites (tertiary alicyclic amines) is 1. The number of aliphatic hydroxyl groups excluding tert-OH is 1. The first-order valence-electron chi connectivity index (χ1n) is 9.56. The van der Waals surface area contributed by atoms with Gasteiger partial charge in [0.25, 0.3) is 5.91 Å². The average molecular weight is 380 g/mol. The number of hydrogen-bond acceptors (Lipinski definition) is 4. The van der Waals surface area contributed by atoms with Crippen molar-refractivity contribution < 1.29 is 14.3 Å². The quantitative estimate of drug-likeness (QED) is 0.731. The smallest absolute Gasteiger partial charge is 0.253 e. The minimum atomic E-state index is -0.459. The van der Waals surface area contributed by atoms with Crippen LogP contribution in [0.5, 0.6) is 0 Å². The summed E-state index contributed by atoms with van der Waals surface area (Å²) in [5.74, 6) is 0.0123. The molecule has 2 aliphatic rings. The third-order valence-corrected chi connectivity index (χ3v) is 5.54. The number of nitrogens with one attached hydrogen (secondary N) is 1. The third-order valence-electron chi connectivity index (χ3n) is 5.54. The van der Waals surface area contributed by atoms with Crippen molar-refractivity contribution in [1.29, 1.82) is 0 Å². The van der Waals surface area contributed by atoms with Crippen LogP contribution in [0.15, 0.2) is 36.4 Å². The Morgan fingerprint density at radius 2 is 2.04 bits per heavy atom. The number of hydrogen-bond donors (Lipinski definition) is 2. The molecule has 2 aliphatic heterocycles. The number of amides is 1. The lowest BCUT2D eigenvalue weighted by molar-refractivity contribution is 0.0956. The summed E-state index contributed by atoms with van der Waals surface area (Å²) in [6, 6.07) is 10.8. The molecule has 0 saturated carbocycles. The van der Waals surface area contributed by atoms with Gasteiger partial charge in [-0.25, -0.2) is 9.37 Å². The number of nitrogens with zero attached hydrogens (tertiary/aromatic N) is 3. The van der Waals surface area contributed by atoms with Gasteiger partial charge in [0, 0.05) is 44.4 Å². The molecule has 1 unspecified atom stereocenters. The van der Waals surface area contributed by atoms with E-state index in [1.54, 1.807) is 0 Å². The van der Waals surface area contributed by atoms with Crippen LogP contribution in [0, 0.1) is 5.82 Å². The SMILES string of the molecule is O=C1NCCn2c(-c3ccc(CN4CCC(O)C4)cc3)nc3cc(F)cc1c32. The van der Waals surface area contributed by atoms with E-state index in [2.05, 4.69) is 27.3 Å². The summed E-state index contributed by atoms with van der Waals surface area (Å²) in [5, 5.41) is 12.5. The molecule has 5 rings (SSSR count). The van der Waals surface area contributed by atoms with Gasteiger partial charge in [-0.2, -0.15) is 0 Å². The van der Waals surface area contributed by atoms with E-state index in [1.807, 2.05) is 16.7 Å². The van der Waals surface area contributed by atoms with E-state index < -0.39 is 5.82 Å². The lowest BCUT2D eigenvalue weighted by Gasteiger charge is -2.15. The minimum Gasteiger partial charge on any atom is -0.392 e. The Kier molecular flexibility index (Phi) is 4.14. The number of β-amino-alcohol motifs (C(OH)–C–C–N with tert-alkyl or cyclic N) is 1. The van der Waals surface area contributed by atoms with E-state index >= 15 is 0 Å². The van der Waals surface area contributed by atoms with Gasteiger partial charge in [-0.1, -0.05) is 24.3 Å². The van der Waals surface area contributed by atoms with Crippen LogP contribution < -0.4 is 5.32 Å². The van der Waals surface area contributed by atoms with Crippen molar-refractivity contribution in [3.8, 4) is 11.4 Å². The number of benzene rings is 2. The molecule has 0 bridgehead atoms. The highest BCUT2D eigenvalue weighted by molar-refractivity contribution is 6.06. The van der Waals surface area contributed by atoms with Crippen LogP contribution in [0.2, 0.25) is 0 Å². The Hall–Kier alpha value is -2.77. The standard InChI is InChI=1S/C21H21FN4O2/c22-15-9-17-19-18(10-15)24-20(26(19)8-6-23-21(17)28)14-3-1-13(2-4-14)11-25-7-5-16(27)12-25/h1-4,9-10,16,27H,5-8,11-12H2,(H,23,28). The van der Waals surface area contributed by atoms with E-state index in [0.29, 0.717) is 36.2 Å². The second-order valence-corrected chi connectivity index (χ2v) is 7.54. The summed E-state index contributed by atoms with van der Waals surface area (Å²) in [7, 11) is 0. The normalized spacial score (nSPS) is 19.8. The van der Waals surface area contributed by atoms with E-state index in [0.717, 1.165) is 30.9 Å². The zero-order valence-corrected chi connectivity index (χ0v) is 15.4. The fraction of sp³-hybridized carbons (Fsp3) is 0.333. The molecule has 3 heterocycles. The largest absolute Gasteiger partial charge is 0.392 e. The van der Waals surface area contributed by atoms with Gasteiger partial charge in [0.2, 0.25) is 0 Å². The van der Waals surface area contributed by atoms with Crippen molar-refractivity contribution in [3.63, 3.8) is 0 Å². The van der Waals surface area contributed by atoms with Gasteiger partial charge in [0.15, 0.2) is 0 Å². The summed E-state index contributed by atoms with van der Waals surface area (Å²) >= 11 is 0. The van der Waals surface area contributed by atoms with E-state index in [4.69, 9.17) is 0 Å². The third kappa shape index (κ3) is 2.96. The maximum Gasteiger partial charge on any atom is 0.253 e. The van der Waals surface area contributed by atoms with Crippen LogP contribution in [-0.4, -0.2) is 51.2 Å². The maximum absolute atomic E-state index is 14.0. The first kappa shape index (κ1) is 17.3. The highest BCUT2D eigenvalue weighted by Crippen LogP contribution is 2.29. The zero-order chi connectivity index (χ0) is 19.3. The van der Waals surface area contributed by atoms with Crippen molar-refractivity contribution in [2.45, 2.75) is 25.6 Å². The highest BCUT2D eigenvalue weighted by atomic mass is 19.1. The lowest BCUT2D eigenvalue weighted by atomic mass is 10.1. The van der Waals surface area contributed by atoms with Gasteiger partial charge >= 0.3 is 0 Å². The Morgan fingerprint density at radius 1 is 1.21 bits per heavy atom. The molecule has 1 atom stereocenters. The predicted octanol–water partition coefficient (Wildman–Crippen LogP) is 2.15. The first-order chi connectivity index (χ1) is 13.6. The van der Waals surface area contributed by atoms with Crippen molar-refractivity contribution in [1.82, 2.24) is 19.8 Å². The Balaban J connectivity index is 1.51. The monoisotopic (exact) mass is 380 g/mol. The van der Waals surface area contributed by atoms with Crippen LogP contribution in [0.4, 0.5) is 4.39 Å². The maximum atomic E-state index is 14.0. The van der Waals surface area contributed by atoms with Gasteiger partial charge in [0.1, 0.15) is 11.6 Å². The predicted molar refractivity (Wildman–Crippen MR) is 103 cm³/mol. The van der Waals surface area contributed by atoms with Gasteiger partial charge < -0.3 is 15.0 Å². The Morgan fingerprint density at radius 3 is 2.79 bits per heavy atom. The second kappa shape index (κ2) is 6.68. The molecule has 7 heteroatoms. The Bertz CT molecular complexity index is 1060. The number of carbonyl (C=O) groups is 1. The number of aliphatic hydroxyl groups is 1. The summed E-state index contributed by atoms with van der Waals surface area (Å²) in [4.78, 5) is 19.2. The summed E-state index contributed by atoms with van der Waals surface area (Å²) < 4.78 is 16.0. The molecule has 1 saturated heterocycles. The molecule has 3 aromatic rings. The first-order valence-corrected chi connectivity index (χ1v) is 9.56. The molecule has 2 N–H and O–H groups in total. The van der Waals surface area contributed by atoms with Gasteiger partial charge in [-0.15, -0.1) is 0 Å². The molecule has 144 valence electrons. The fourth-order valence-corrected chi connectivity index (χ4v) is 4.19. The minimum absolute atomic E-state index is 0.223. The molecule has 1 aromatic heterocycles. The average Bonchev–Trinajstić information content (AvgIpc) is 3.20. The molecular formula is C21H21FN4O2. The summed E-state index contributed by atoms with van der Waals surface area (Å²) in [6.07, 6.45) is 0.605. The molecule has 0 radical (unpaired) electrons. The molecule has 2 aromatic carbocycles. The van der Waals surface area contributed by atoms with Crippen molar-refractivity contribution in [3.05, 3.63) is 53.3 Å². The molecular weight excluding hydrogens is 359 g/mol. The zero-order valence-electron chi connectivity index (χ0n) is 15.4. The van der Waals surface area contributed by atoms with Crippen LogP contribution in [-0.2, 0) is 13.1 Å². The van der Waals surface area contributed by atoms with Gasteiger partial charge in [-0.05, 0) is 18.1 Å². The van der Waals surface area contributed by atoms with Crippen LogP contribution in [0.3, 0.4) is 0 Å². The van der Waals surface area contributed by atoms with Gasteiger partial charge in [-0.3, -0.25) is 9.69 Å². The molecule has 0 aliphatic carbocycles. The molecule has 0 spiro atoms. The number of rotatable bonds is 3. The second-order valence-electron chi connectivity index (χ2n) is 7.54. The van der Waals surface area contributed by atoms with Crippen LogP contribution >= 0.6 is 0 Å².